The Morgan fingerprint density at radius 3 is 2.38 bits per heavy atom. The van der Waals surface area contributed by atoms with Crippen molar-refractivity contribution in [2.45, 2.75) is 4.58 Å². The second-order valence-electron chi connectivity index (χ2n) is 5.21. The first kappa shape index (κ1) is 16.9. The average Bonchev–Trinajstić information content (AvgIpc) is 3.11. The topological polar surface area (TPSA) is 72.2 Å². The second-order valence-corrected chi connectivity index (χ2v) is 7.93. The minimum Gasteiger partial charge on any atom is -0.366 e. The maximum absolute atomic E-state index is 13.5. The third-order valence-electron chi connectivity index (χ3n) is 3.56. The minimum atomic E-state index is -0.875. The molecule has 0 aliphatic carbocycles. The van der Waals surface area contributed by atoms with Gasteiger partial charge in [-0.2, -0.15) is 0 Å². The number of carbonyl (C=O) groups excluding carboxylic acids is 2. The van der Waals surface area contributed by atoms with Crippen LogP contribution in [0.25, 0.3) is 0 Å². The van der Waals surface area contributed by atoms with Gasteiger partial charge in [0.05, 0.1) is 10.1 Å². The molecule has 0 atom stereocenters. The van der Waals surface area contributed by atoms with Crippen molar-refractivity contribution in [3.05, 3.63) is 65.0 Å². The van der Waals surface area contributed by atoms with E-state index in [4.69, 9.17) is 5.73 Å². The highest BCUT2D eigenvalue weighted by molar-refractivity contribution is 8.19. The highest BCUT2D eigenvalue weighted by Gasteiger charge is 2.18. The summed E-state index contributed by atoms with van der Waals surface area (Å²) in [7, 11) is 0. The molecule has 0 bridgehead atoms. The molecular weight excluding hydrogens is 347 g/mol. The average molecular weight is 362 g/mol. The standard InChI is InChI=1S/C17H15FN2O2S2/c18-14-6-5-12(9-13(14)15(19)21)20-16(22)10-1-3-11(4-2-10)17-23-7-8-24-17/h1-6,9,17H,7-8H2,(H2,19,21)(H,20,22). The lowest BCUT2D eigenvalue weighted by Crippen LogP contribution is -2.16. The molecule has 7 heteroatoms. The summed E-state index contributed by atoms with van der Waals surface area (Å²) in [6.07, 6.45) is 0. The van der Waals surface area contributed by atoms with E-state index in [9.17, 15) is 14.0 Å². The van der Waals surface area contributed by atoms with E-state index in [2.05, 4.69) is 5.32 Å². The van der Waals surface area contributed by atoms with Crippen molar-refractivity contribution in [3.8, 4) is 0 Å². The van der Waals surface area contributed by atoms with Crippen LogP contribution in [-0.2, 0) is 0 Å². The first-order valence-corrected chi connectivity index (χ1v) is 9.38. The fraction of sp³-hybridized carbons (Fsp3) is 0.176. The Kier molecular flexibility index (Phi) is 5.11. The molecule has 2 aromatic carbocycles. The fourth-order valence-electron chi connectivity index (χ4n) is 2.34. The van der Waals surface area contributed by atoms with E-state index in [1.165, 1.54) is 17.7 Å². The number of anilines is 1. The Labute approximate surface area is 147 Å². The summed E-state index contributed by atoms with van der Waals surface area (Å²) in [5, 5.41) is 2.65. The summed E-state index contributed by atoms with van der Waals surface area (Å²) >= 11 is 3.80. The number of halogens is 1. The van der Waals surface area contributed by atoms with Gasteiger partial charge in [0.15, 0.2) is 0 Å². The monoisotopic (exact) mass is 362 g/mol. The van der Waals surface area contributed by atoms with Crippen molar-refractivity contribution in [1.82, 2.24) is 0 Å². The van der Waals surface area contributed by atoms with Crippen LogP contribution in [0.5, 0.6) is 0 Å². The molecule has 1 fully saturated rings. The van der Waals surface area contributed by atoms with Crippen LogP contribution in [-0.4, -0.2) is 23.3 Å². The van der Waals surface area contributed by atoms with Crippen molar-refractivity contribution in [2.24, 2.45) is 5.73 Å². The summed E-state index contributed by atoms with van der Waals surface area (Å²) in [6, 6.07) is 11.2. The van der Waals surface area contributed by atoms with Gasteiger partial charge in [-0.3, -0.25) is 9.59 Å². The van der Waals surface area contributed by atoms with Gasteiger partial charge in [0.1, 0.15) is 5.82 Å². The van der Waals surface area contributed by atoms with Crippen molar-refractivity contribution >= 4 is 41.0 Å². The predicted octanol–water partition coefficient (Wildman–Crippen LogP) is 3.66. The quantitative estimate of drug-likeness (QED) is 0.871. The summed E-state index contributed by atoms with van der Waals surface area (Å²) in [5.41, 5.74) is 6.86. The molecule has 0 radical (unpaired) electrons. The number of benzene rings is 2. The summed E-state index contributed by atoms with van der Waals surface area (Å²) in [6.45, 7) is 0. The molecule has 0 spiro atoms. The molecule has 0 saturated carbocycles. The van der Waals surface area contributed by atoms with E-state index in [1.807, 2.05) is 35.7 Å². The SMILES string of the molecule is NC(=O)c1cc(NC(=O)c2ccc(C3SCCS3)cc2)ccc1F. The third kappa shape index (κ3) is 3.73. The van der Waals surface area contributed by atoms with Gasteiger partial charge >= 0.3 is 0 Å². The molecule has 3 N–H and O–H groups in total. The second kappa shape index (κ2) is 7.27. The number of hydrogen-bond donors (Lipinski definition) is 2. The van der Waals surface area contributed by atoms with E-state index >= 15 is 0 Å². The number of nitrogens with two attached hydrogens (primary N) is 1. The van der Waals surface area contributed by atoms with Crippen molar-refractivity contribution < 1.29 is 14.0 Å². The van der Waals surface area contributed by atoms with E-state index in [1.54, 1.807) is 12.1 Å². The Morgan fingerprint density at radius 2 is 1.75 bits per heavy atom. The third-order valence-corrected chi connectivity index (χ3v) is 6.66. The molecule has 1 heterocycles. The number of carbonyl (C=O) groups is 2. The van der Waals surface area contributed by atoms with Gasteiger partial charge in [-0.1, -0.05) is 12.1 Å². The Hall–Kier alpha value is -1.99. The molecule has 2 aromatic rings. The Balaban J connectivity index is 1.72. The van der Waals surface area contributed by atoms with Gasteiger partial charge < -0.3 is 11.1 Å². The van der Waals surface area contributed by atoms with Crippen LogP contribution in [0.15, 0.2) is 42.5 Å². The number of thioether (sulfide) groups is 2. The highest BCUT2D eigenvalue weighted by Crippen LogP contribution is 2.45. The van der Waals surface area contributed by atoms with Gasteiger partial charge in [0.25, 0.3) is 11.8 Å². The van der Waals surface area contributed by atoms with Crippen LogP contribution in [0, 0.1) is 5.82 Å². The van der Waals surface area contributed by atoms with Gasteiger partial charge in [-0.25, -0.2) is 4.39 Å². The number of rotatable bonds is 4. The fourth-order valence-corrected chi connectivity index (χ4v) is 5.20. The van der Waals surface area contributed by atoms with Crippen molar-refractivity contribution in [1.29, 1.82) is 0 Å². The minimum absolute atomic E-state index is 0.251. The smallest absolute Gasteiger partial charge is 0.255 e. The molecule has 4 nitrogen and oxygen atoms in total. The number of nitrogens with one attached hydrogen (secondary N) is 1. The molecule has 1 aliphatic rings. The lowest BCUT2D eigenvalue weighted by Gasteiger charge is -2.10. The molecule has 3 rings (SSSR count). The highest BCUT2D eigenvalue weighted by atomic mass is 32.2. The van der Waals surface area contributed by atoms with Crippen molar-refractivity contribution in [3.63, 3.8) is 0 Å². The molecule has 2 amide bonds. The molecule has 0 unspecified atom stereocenters. The van der Waals surface area contributed by atoms with E-state index in [-0.39, 0.29) is 11.5 Å². The Morgan fingerprint density at radius 1 is 1.08 bits per heavy atom. The van der Waals surface area contributed by atoms with Crippen LogP contribution < -0.4 is 11.1 Å². The number of primary amides is 1. The van der Waals surface area contributed by atoms with Crippen LogP contribution in [0.2, 0.25) is 0 Å². The van der Waals surface area contributed by atoms with Gasteiger partial charge in [-0.05, 0) is 35.9 Å². The number of hydrogen-bond acceptors (Lipinski definition) is 4. The molecule has 24 heavy (non-hydrogen) atoms. The maximum atomic E-state index is 13.5. The molecule has 0 aromatic heterocycles. The summed E-state index contributed by atoms with van der Waals surface area (Å²) in [4.78, 5) is 23.4. The largest absolute Gasteiger partial charge is 0.366 e. The lowest BCUT2D eigenvalue weighted by atomic mass is 10.1. The van der Waals surface area contributed by atoms with E-state index in [0.717, 1.165) is 17.6 Å². The molecule has 1 saturated heterocycles. The van der Waals surface area contributed by atoms with E-state index < -0.39 is 11.7 Å². The van der Waals surface area contributed by atoms with Crippen LogP contribution >= 0.6 is 23.5 Å². The van der Waals surface area contributed by atoms with Crippen LogP contribution in [0.1, 0.15) is 30.9 Å². The van der Waals surface area contributed by atoms with Gasteiger partial charge in [0.2, 0.25) is 0 Å². The maximum Gasteiger partial charge on any atom is 0.255 e. The van der Waals surface area contributed by atoms with Gasteiger partial charge in [-0.15, -0.1) is 23.5 Å². The van der Waals surface area contributed by atoms with Crippen LogP contribution in [0.4, 0.5) is 10.1 Å². The first-order chi connectivity index (χ1) is 11.5. The zero-order valence-electron chi connectivity index (χ0n) is 12.6. The zero-order valence-corrected chi connectivity index (χ0v) is 14.3. The normalized spacial score (nSPS) is 14.5. The van der Waals surface area contributed by atoms with Crippen molar-refractivity contribution in [2.75, 3.05) is 16.8 Å². The molecular formula is C17H15FN2O2S2. The summed E-state index contributed by atoms with van der Waals surface area (Å²) in [5.74, 6) is 0.375. The lowest BCUT2D eigenvalue weighted by molar-refractivity contribution is 0.0992. The van der Waals surface area contributed by atoms with Crippen LogP contribution in [0.3, 0.4) is 0 Å². The summed E-state index contributed by atoms with van der Waals surface area (Å²) < 4.78 is 13.9. The Bertz CT molecular complexity index is 775. The van der Waals surface area contributed by atoms with Gasteiger partial charge in [0, 0.05) is 22.8 Å². The molecule has 1 aliphatic heterocycles. The van der Waals surface area contributed by atoms with E-state index in [0.29, 0.717) is 15.8 Å². The first-order valence-electron chi connectivity index (χ1n) is 7.28. The zero-order chi connectivity index (χ0) is 17.1. The number of amides is 2. The predicted molar refractivity (Wildman–Crippen MR) is 97.0 cm³/mol. The molecule has 124 valence electrons.